The first-order valence-electron chi connectivity index (χ1n) is 4.30. The molecule has 0 amide bonds. The van der Waals surface area contributed by atoms with Crippen molar-refractivity contribution in [2.24, 2.45) is 15.5 Å². The molecule has 0 aliphatic carbocycles. The van der Waals surface area contributed by atoms with Crippen LogP contribution in [-0.2, 0) is 6.54 Å². The minimum Gasteiger partial charge on any atom is -0.354 e. The van der Waals surface area contributed by atoms with Gasteiger partial charge in [0.2, 0.25) is 0 Å². The second-order valence-corrected chi connectivity index (χ2v) is 2.98. The van der Waals surface area contributed by atoms with Gasteiger partial charge in [-0.25, -0.2) is 0 Å². The van der Waals surface area contributed by atoms with Crippen molar-refractivity contribution < 1.29 is 9.93 Å². The Labute approximate surface area is 84.9 Å². The highest BCUT2D eigenvalue weighted by atomic mass is 16.6. The second kappa shape index (κ2) is 3.93. The van der Waals surface area contributed by atoms with Crippen LogP contribution in [0.5, 0.6) is 0 Å². The lowest BCUT2D eigenvalue weighted by Crippen LogP contribution is -3.09. The van der Waals surface area contributed by atoms with Gasteiger partial charge in [-0.1, -0.05) is 35.3 Å². The normalized spacial score (nSPS) is 18.9. The summed E-state index contributed by atoms with van der Waals surface area (Å²) >= 11 is 0. The third-order valence-corrected chi connectivity index (χ3v) is 1.95. The highest BCUT2D eigenvalue weighted by Crippen LogP contribution is 1.96. The number of nitrogens with zero attached hydrogens (tertiary/aromatic N) is 4. The number of nitro groups is 1. The van der Waals surface area contributed by atoms with Crippen molar-refractivity contribution in [3.05, 3.63) is 46.0 Å². The van der Waals surface area contributed by atoms with E-state index in [1.807, 2.05) is 30.3 Å². The van der Waals surface area contributed by atoms with Crippen molar-refractivity contribution in [3.63, 3.8) is 0 Å². The van der Waals surface area contributed by atoms with E-state index in [-0.39, 0.29) is 5.96 Å². The zero-order chi connectivity index (χ0) is 10.7. The van der Waals surface area contributed by atoms with Crippen molar-refractivity contribution in [2.75, 3.05) is 0 Å². The van der Waals surface area contributed by atoms with Gasteiger partial charge in [0.25, 0.3) is 0 Å². The van der Waals surface area contributed by atoms with Gasteiger partial charge >= 0.3 is 5.96 Å². The second-order valence-electron chi connectivity index (χ2n) is 2.98. The van der Waals surface area contributed by atoms with Crippen LogP contribution >= 0.6 is 0 Å². The Kier molecular flexibility index (Phi) is 2.46. The summed E-state index contributed by atoms with van der Waals surface area (Å²) in [6.45, 7) is 0.379. The molecule has 0 bridgehead atoms. The average molecular weight is 206 g/mol. The quantitative estimate of drug-likeness (QED) is 0.545. The van der Waals surface area contributed by atoms with E-state index in [1.54, 1.807) is 0 Å². The standard InChI is InChI=1S/C8H7N5O2/c14-13(15)8-9-10-11-12(8)6-7-4-2-1-3-5-7/h1-5H,6H2/p+1. The number of guanidine groups is 1. The Morgan fingerprint density at radius 2 is 2.07 bits per heavy atom. The SMILES string of the molecule is O=[N+]([O-])C1=NN=N[NH+]1Cc1ccccc1. The van der Waals surface area contributed by atoms with Gasteiger partial charge in [0.05, 0.1) is 5.22 Å². The molecular weight excluding hydrogens is 198 g/mol. The Bertz CT molecular complexity index is 428. The zero-order valence-electron chi connectivity index (χ0n) is 7.70. The summed E-state index contributed by atoms with van der Waals surface area (Å²) < 4.78 is 0. The van der Waals surface area contributed by atoms with Crippen LogP contribution in [0.15, 0.2) is 45.9 Å². The lowest BCUT2D eigenvalue weighted by molar-refractivity contribution is -0.862. The van der Waals surface area contributed by atoms with E-state index in [2.05, 4.69) is 15.5 Å². The topological polar surface area (TPSA) is 84.7 Å². The lowest BCUT2D eigenvalue weighted by atomic mass is 10.2. The predicted octanol–water partition coefficient (Wildman–Crippen LogP) is -0.000000000000000444. The Balaban J connectivity index is 2.11. The van der Waals surface area contributed by atoms with Crippen LogP contribution in [0.4, 0.5) is 0 Å². The van der Waals surface area contributed by atoms with Gasteiger partial charge in [0.15, 0.2) is 5.10 Å². The molecule has 0 saturated heterocycles. The van der Waals surface area contributed by atoms with Crippen LogP contribution in [0.25, 0.3) is 0 Å². The molecular formula is C8H8N5O2+. The van der Waals surface area contributed by atoms with Crippen LogP contribution in [0.3, 0.4) is 0 Å². The van der Waals surface area contributed by atoms with Gasteiger partial charge in [0.1, 0.15) is 11.8 Å². The molecule has 1 unspecified atom stereocenters. The molecule has 0 saturated carbocycles. The predicted molar refractivity (Wildman–Crippen MR) is 50.4 cm³/mol. The van der Waals surface area contributed by atoms with Crippen LogP contribution < -0.4 is 5.01 Å². The molecule has 15 heavy (non-hydrogen) atoms. The molecule has 1 aliphatic heterocycles. The molecule has 1 heterocycles. The molecule has 7 heteroatoms. The van der Waals surface area contributed by atoms with Gasteiger partial charge in [0, 0.05) is 10.5 Å². The van der Waals surface area contributed by atoms with Gasteiger partial charge in [-0.2, -0.15) is 0 Å². The molecule has 1 aromatic rings. The maximum Gasteiger partial charge on any atom is 0.591 e. The molecule has 0 fully saturated rings. The molecule has 1 N–H and O–H groups in total. The smallest absolute Gasteiger partial charge is 0.354 e. The highest BCUT2D eigenvalue weighted by molar-refractivity contribution is 5.61. The van der Waals surface area contributed by atoms with E-state index >= 15 is 0 Å². The van der Waals surface area contributed by atoms with E-state index in [9.17, 15) is 10.1 Å². The van der Waals surface area contributed by atoms with Crippen LogP contribution in [0.2, 0.25) is 0 Å². The highest BCUT2D eigenvalue weighted by Gasteiger charge is 2.35. The van der Waals surface area contributed by atoms with Gasteiger partial charge < -0.3 is 10.1 Å². The van der Waals surface area contributed by atoms with Gasteiger partial charge in [-0.3, -0.25) is 0 Å². The van der Waals surface area contributed by atoms with Crippen LogP contribution in [0, 0.1) is 10.1 Å². The molecule has 1 aromatic carbocycles. The number of hydrogen-bond acceptors (Lipinski definition) is 5. The molecule has 0 radical (unpaired) electrons. The largest absolute Gasteiger partial charge is 0.591 e. The fourth-order valence-corrected chi connectivity index (χ4v) is 1.27. The first kappa shape index (κ1) is 9.41. The summed E-state index contributed by atoms with van der Waals surface area (Å²) in [5.74, 6) is -0.265. The first-order valence-corrected chi connectivity index (χ1v) is 4.30. The van der Waals surface area contributed by atoms with E-state index < -0.39 is 4.92 Å². The van der Waals surface area contributed by atoms with Gasteiger partial charge in [-0.05, 0) is 0 Å². The average Bonchev–Trinajstić information content (AvgIpc) is 2.67. The van der Waals surface area contributed by atoms with Crippen molar-refractivity contribution in [1.82, 2.24) is 0 Å². The molecule has 7 nitrogen and oxygen atoms in total. The Morgan fingerprint density at radius 3 is 2.73 bits per heavy atom. The zero-order valence-corrected chi connectivity index (χ0v) is 7.70. The number of rotatable bonds is 2. The summed E-state index contributed by atoms with van der Waals surface area (Å²) in [5, 5.41) is 21.1. The van der Waals surface area contributed by atoms with Crippen LogP contribution in [-0.4, -0.2) is 10.9 Å². The van der Waals surface area contributed by atoms with Crippen molar-refractivity contribution in [1.29, 1.82) is 0 Å². The molecule has 0 aromatic heterocycles. The van der Waals surface area contributed by atoms with Gasteiger partial charge in [-0.15, -0.1) is 0 Å². The van der Waals surface area contributed by atoms with Crippen molar-refractivity contribution >= 4 is 5.96 Å². The van der Waals surface area contributed by atoms with Crippen molar-refractivity contribution in [2.45, 2.75) is 6.54 Å². The number of hydrogen-bond donors (Lipinski definition) is 1. The summed E-state index contributed by atoms with van der Waals surface area (Å²) in [6.07, 6.45) is 0. The minimum absolute atomic E-state index is 0.265. The summed E-state index contributed by atoms with van der Waals surface area (Å²) in [6, 6.07) is 9.36. The Morgan fingerprint density at radius 1 is 1.33 bits per heavy atom. The maximum absolute atomic E-state index is 10.5. The third kappa shape index (κ3) is 2.02. The van der Waals surface area contributed by atoms with E-state index in [0.717, 1.165) is 5.56 Å². The van der Waals surface area contributed by atoms with Crippen LogP contribution in [0.1, 0.15) is 5.56 Å². The van der Waals surface area contributed by atoms with Crippen molar-refractivity contribution in [3.8, 4) is 0 Å². The monoisotopic (exact) mass is 206 g/mol. The molecule has 76 valence electrons. The fraction of sp³-hybridized carbons (Fsp3) is 0.125. The minimum atomic E-state index is -0.571. The summed E-state index contributed by atoms with van der Waals surface area (Å²) in [4.78, 5) is 9.96. The molecule has 1 atom stereocenters. The number of benzene rings is 1. The summed E-state index contributed by atoms with van der Waals surface area (Å²) in [7, 11) is 0. The maximum atomic E-state index is 10.5. The Hall–Kier alpha value is -2.15. The van der Waals surface area contributed by atoms with E-state index in [0.29, 0.717) is 11.6 Å². The summed E-state index contributed by atoms with van der Waals surface area (Å²) in [5.41, 5.74) is 0.947. The molecule has 2 rings (SSSR count). The van der Waals surface area contributed by atoms with E-state index in [1.165, 1.54) is 0 Å². The third-order valence-electron chi connectivity index (χ3n) is 1.95. The number of nitrogens with one attached hydrogen (secondary N) is 1. The first-order chi connectivity index (χ1) is 7.27. The fourth-order valence-electron chi connectivity index (χ4n) is 1.27. The number of quaternary nitrogens is 1. The lowest BCUT2D eigenvalue weighted by Gasteiger charge is -2.02. The molecule has 0 spiro atoms. The molecule has 1 aliphatic rings. The van der Waals surface area contributed by atoms with E-state index in [4.69, 9.17) is 0 Å².